The van der Waals surface area contributed by atoms with Crippen LogP contribution in [-0.4, -0.2) is 64.9 Å². The topological polar surface area (TPSA) is 109 Å². The zero-order chi connectivity index (χ0) is 21.8. The number of amides is 2. The number of hydrogen-bond donors (Lipinski definition) is 2. The highest BCUT2D eigenvalue weighted by Gasteiger charge is 2.30. The first-order chi connectivity index (χ1) is 15.0. The predicted octanol–water partition coefficient (Wildman–Crippen LogP) is 2.11. The number of H-pyrrole nitrogens is 1. The molecule has 31 heavy (non-hydrogen) atoms. The van der Waals surface area contributed by atoms with Crippen LogP contribution in [0.1, 0.15) is 42.6 Å². The summed E-state index contributed by atoms with van der Waals surface area (Å²) in [4.78, 5) is 30.8. The molecule has 0 saturated carbocycles. The Morgan fingerprint density at radius 3 is 2.77 bits per heavy atom. The van der Waals surface area contributed by atoms with Crippen LogP contribution in [0.2, 0.25) is 0 Å². The minimum atomic E-state index is -0.555. The first-order valence-electron chi connectivity index (χ1n) is 10.5. The van der Waals surface area contributed by atoms with Crippen molar-refractivity contribution in [2.45, 2.75) is 38.3 Å². The summed E-state index contributed by atoms with van der Waals surface area (Å²) in [5.41, 5.74) is 0.759. The highest BCUT2D eigenvalue weighted by molar-refractivity contribution is 5.93. The Labute approximate surface area is 179 Å². The highest BCUT2D eigenvalue weighted by Crippen LogP contribution is 2.25. The molecule has 1 unspecified atom stereocenters. The van der Waals surface area contributed by atoms with Gasteiger partial charge >= 0.3 is 0 Å². The first-order valence-corrected chi connectivity index (χ1v) is 10.5. The number of carbonyl (C=O) groups excluding carboxylic acids is 2. The van der Waals surface area contributed by atoms with Gasteiger partial charge in [0.2, 0.25) is 11.8 Å². The number of halogens is 1. The Morgan fingerprint density at radius 1 is 1.26 bits per heavy atom. The summed E-state index contributed by atoms with van der Waals surface area (Å²) in [6, 6.07) is 2.94. The number of hydrogen-bond acceptors (Lipinski definition) is 6. The third-order valence-electron chi connectivity index (χ3n) is 5.76. The van der Waals surface area contributed by atoms with Gasteiger partial charge in [0.1, 0.15) is 11.9 Å². The predicted molar refractivity (Wildman–Crippen MR) is 109 cm³/mol. The van der Waals surface area contributed by atoms with Crippen LogP contribution >= 0.6 is 0 Å². The quantitative estimate of drug-likeness (QED) is 0.751. The molecule has 4 rings (SSSR count). The summed E-state index contributed by atoms with van der Waals surface area (Å²) in [6.45, 7) is 1.61. The maximum Gasteiger partial charge on any atom is 0.271 e. The van der Waals surface area contributed by atoms with Crippen LogP contribution in [0.5, 0.6) is 5.88 Å². The second-order valence-corrected chi connectivity index (χ2v) is 7.80. The van der Waals surface area contributed by atoms with E-state index < -0.39 is 5.82 Å². The zero-order valence-electron chi connectivity index (χ0n) is 17.4. The fourth-order valence-corrected chi connectivity index (χ4v) is 3.94. The molecule has 2 saturated heterocycles. The number of piperidine rings is 1. The highest BCUT2D eigenvalue weighted by atomic mass is 19.1. The van der Waals surface area contributed by atoms with Gasteiger partial charge in [0.15, 0.2) is 5.82 Å². The summed E-state index contributed by atoms with van der Waals surface area (Å²) >= 11 is 0. The lowest BCUT2D eigenvalue weighted by Crippen LogP contribution is -2.46. The molecule has 0 spiro atoms. The molecule has 2 fully saturated rings. The summed E-state index contributed by atoms with van der Waals surface area (Å²) in [5, 5.41) is 9.73. The van der Waals surface area contributed by atoms with Crippen LogP contribution in [0.25, 0.3) is 11.3 Å². The van der Waals surface area contributed by atoms with E-state index in [1.165, 1.54) is 19.2 Å². The number of methoxy groups -OCH3 is 1. The Bertz CT molecular complexity index is 936. The van der Waals surface area contributed by atoms with Crippen molar-refractivity contribution in [2.24, 2.45) is 5.92 Å². The number of carbonyl (C=O) groups is 2. The number of nitrogens with one attached hydrogen (secondary N) is 2. The number of rotatable bonds is 5. The average Bonchev–Trinajstić information content (AvgIpc) is 3.30. The Kier molecular flexibility index (Phi) is 6.45. The molecule has 4 heterocycles. The van der Waals surface area contributed by atoms with Crippen molar-refractivity contribution in [2.75, 3.05) is 26.8 Å². The number of ether oxygens (including phenoxy) is 2. The number of aromatic nitrogens is 3. The molecule has 2 aromatic rings. The second kappa shape index (κ2) is 9.42. The third kappa shape index (κ3) is 4.84. The molecule has 2 aliphatic rings. The number of likely N-dealkylation sites (tertiary alicyclic amines) is 1. The molecule has 0 aliphatic carbocycles. The molecule has 2 aromatic heterocycles. The monoisotopic (exact) mass is 431 g/mol. The summed E-state index contributed by atoms with van der Waals surface area (Å²) < 4.78 is 24.7. The van der Waals surface area contributed by atoms with Gasteiger partial charge in [0.05, 0.1) is 19.0 Å². The van der Waals surface area contributed by atoms with Crippen LogP contribution < -0.4 is 10.1 Å². The molecule has 2 N–H and O–H groups in total. The van der Waals surface area contributed by atoms with E-state index >= 15 is 0 Å². The van der Waals surface area contributed by atoms with E-state index in [0.717, 1.165) is 25.5 Å². The van der Waals surface area contributed by atoms with E-state index in [4.69, 9.17) is 9.47 Å². The molecule has 0 aromatic carbocycles. The molecule has 166 valence electrons. The molecule has 2 aliphatic heterocycles. The first kappa shape index (κ1) is 21.2. The van der Waals surface area contributed by atoms with E-state index in [9.17, 15) is 14.0 Å². The van der Waals surface area contributed by atoms with Crippen molar-refractivity contribution < 1.29 is 23.5 Å². The lowest BCUT2D eigenvalue weighted by Gasteiger charge is -2.32. The fraction of sp³-hybridized carbons (Fsp3) is 0.524. The van der Waals surface area contributed by atoms with E-state index in [1.807, 2.05) is 0 Å². The number of nitrogens with zero attached hydrogens (tertiary/aromatic N) is 3. The van der Waals surface area contributed by atoms with E-state index in [1.54, 1.807) is 4.90 Å². The Morgan fingerprint density at radius 2 is 2.06 bits per heavy atom. The SMILES string of the molecule is COc1cc(-c2cc(C(=O)N3CCC(C(=O)NC4CCCCO4)CC3)[nH]n2)c(F)cn1. The normalized spacial score (nSPS) is 19.8. The molecule has 10 heteroatoms. The van der Waals surface area contributed by atoms with Crippen LogP contribution in [0, 0.1) is 11.7 Å². The fourth-order valence-electron chi connectivity index (χ4n) is 3.94. The van der Waals surface area contributed by atoms with Crippen LogP contribution in [-0.2, 0) is 9.53 Å². The van der Waals surface area contributed by atoms with Gasteiger partial charge in [0.25, 0.3) is 5.91 Å². The van der Waals surface area contributed by atoms with Crippen LogP contribution in [0.4, 0.5) is 4.39 Å². The van der Waals surface area contributed by atoms with Gasteiger partial charge in [-0.15, -0.1) is 0 Å². The van der Waals surface area contributed by atoms with E-state index in [-0.39, 0.29) is 41.1 Å². The van der Waals surface area contributed by atoms with Gasteiger partial charge in [-0.1, -0.05) is 0 Å². The molecule has 9 nitrogen and oxygen atoms in total. The lowest BCUT2D eigenvalue weighted by atomic mass is 9.95. The molecule has 2 amide bonds. The summed E-state index contributed by atoms with van der Waals surface area (Å²) in [6.07, 6.45) is 4.96. The van der Waals surface area contributed by atoms with Crippen molar-refractivity contribution in [3.05, 3.63) is 29.8 Å². The molecule has 0 radical (unpaired) electrons. The summed E-state index contributed by atoms with van der Waals surface area (Å²) in [5.74, 6) is -0.670. The smallest absolute Gasteiger partial charge is 0.271 e. The Balaban J connectivity index is 1.34. The minimum Gasteiger partial charge on any atom is -0.481 e. The largest absolute Gasteiger partial charge is 0.481 e. The van der Waals surface area contributed by atoms with E-state index in [0.29, 0.717) is 38.2 Å². The van der Waals surface area contributed by atoms with Crippen molar-refractivity contribution in [3.63, 3.8) is 0 Å². The zero-order valence-corrected chi connectivity index (χ0v) is 17.4. The molecular formula is C21H26FN5O4. The van der Waals surface area contributed by atoms with Gasteiger partial charge in [0, 0.05) is 37.2 Å². The lowest BCUT2D eigenvalue weighted by molar-refractivity contribution is -0.132. The third-order valence-corrected chi connectivity index (χ3v) is 5.76. The van der Waals surface area contributed by atoms with Gasteiger partial charge in [-0.3, -0.25) is 14.7 Å². The van der Waals surface area contributed by atoms with Crippen molar-refractivity contribution in [1.82, 2.24) is 25.4 Å². The average molecular weight is 431 g/mol. The van der Waals surface area contributed by atoms with Gasteiger partial charge in [-0.05, 0) is 38.2 Å². The van der Waals surface area contributed by atoms with Gasteiger partial charge < -0.3 is 19.7 Å². The molecule has 1 atom stereocenters. The number of aromatic amines is 1. The molecule has 0 bridgehead atoms. The van der Waals surface area contributed by atoms with Crippen LogP contribution in [0.15, 0.2) is 18.3 Å². The summed E-state index contributed by atoms with van der Waals surface area (Å²) in [7, 11) is 1.44. The van der Waals surface area contributed by atoms with Crippen LogP contribution in [0.3, 0.4) is 0 Å². The second-order valence-electron chi connectivity index (χ2n) is 7.80. The number of pyridine rings is 1. The minimum absolute atomic E-state index is 0.00932. The Hall–Kier alpha value is -3.01. The van der Waals surface area contributed by atoms with Crippen molar-refractivity contribution in [1.29, 1.82) is 0 Å². The maximum absolute atomic E-state index is 14.1. The van der Waals surface area contributed by atoms with Crippen molar-refractivity contribution >= 4 is 11.8 Å². The van der Waals surface area contributed by atoms with Gasteiger partial charge in [-0.25, -0.2) is 9.37 Å². The standard InChI is InChI=1S/C21H26FN5O4/c1-30-19-10-14(15(22)12-23-19)16-11-17(26-25-16)21(29)27-7-5-13(6-8-27)20(28)24-18-4-2-3-9-31-18/h10-13,18H,2-9H2,1H3,(H,24,28)(H,25,26). The van der Waals surface area contributed by atoms with Crippen molar-refractivity contribution in [3.8, 4) is 17.1 Å². The maximum atomic E-state index is 14.1. The molecular weight excluding hydrogens is 405 g/mol. The van der Waals surface area contributed by atoms with Gasteiger partial charge in [-0.2, -0.15) is 5.10 Å². The van der Waals surface area contributed by atoms with E-state index in [2.05, 4.69) is 20.5 Å².